The summed E-state index contributed by atoms with van der Waals surface area (Å²) in [6.07, 6.45) is 3.09. The van der Waals surface area contributed by atoms with Crippen LogP contribution in [0.25, 0.3) is 6.08 Å². The third kappa shape index (κ3) is 4.72. The van der Waals surface area contributed by atoms with Crippen LogP contribution in [0.5, 0.6) is 0 Å². The fraction of sp³-hybridized carbons (Fsp3) is 0.0625. The van der Waals surface area contributed by atoms with Gasteiger partial charge in [0.15, 0.2) is 0 Å². The molecule has 21 heavy (non-hydrogen) atoms. The van der Waals surface area contributed by atoms with Crippen LogP contribution in [-0.4, -0.2) is 5.91 Å². The van der Waals surface area contributed by atoms with Crippen molar-refractivity contribution < 1.29 is 9.18 Å². The summed E-state index contributed by atoms with van der Waals surface area (Å²) in [6, 6.07) is 11.6. The molecule has 2 rings (SSSR count). The smallest absolute Gasteiger partial charge is 0.244 e. The second-order valence-electron chi connectivity index (χ2n) is 4.46. The summed E-state index contributed by atoms with van der Waals surface area (Å²) < 4.78 is 13.9. The Balaban J connectivity index is 1.94. The Morgan fingerprint density at radius 3 is 2.86 bits per heavy atom. The van der Waals surface area contributed by atoms with E-state index in [1.807, 2.05) is 12.1 Å². The Morgan fingerprint density at radius 2 is 2.10 bits per heavy atom. The molecule has 0 aliphatic carbocycles. The number of carbonyl (C=O) groups is 1. The van der Waals surface area contributed by atoms with Crippen molar-refractivity contribution in [2.24, 2.45) is 0 Å². The van der Waals surface area contributed by atoms with Gasteiger partial charge in [-0.05, 0) is 47.5 Å². The van der Waals surface area contributed by atoms with Gasteiger partial charge in [0.1, 0.15) is 5.82 Å². The SMILES string of the molecule is Nc1cccc(/C=C/C(=O)NCc2cc(F)ccc2Br)c1. The van der Waals surface area contributed by atoms with Crippen molar-refractivity contribution in [2.45, 2.75) is 6.54 Å². The van der Waals surface area contributed by atoms with Crippen molar-refractivity contribution in [1.82, 2.24) is 5.32 Å². The van der Waals surface area contributed by atoms with Crippen LogP contribution >= 0.6 is 15.9 Å². The van der Waals surface area contributed by atoms with Crippen molar-refractivity contribution in [2.75, 3.05) is 5.73 Å². The molecular weight excluding hydrogens is 335 g/mol. The number of hydrogen-bond donors (Lipinski definition) is 2. The van der Waals surface area contributed by atoms with Crippen molar-refractivity contribution in [1.29, 1.82) is 0 Å². The monoisotopic (exact) mass is 348 g/mol. The van der Waals surface area contributed by atoms with E-state index in [0.717, 1.165) is 10.0 Å². The van der Waals surface area contributed by atoms with E-state index in [0.29, 0.717) is 11.3 Å². The van der Waals surface area contributed by atoms with Gasteiger partial charge in [-0.25, -0.2) is 4.39 Å². The third-order valence-corrected chi connectivity index (χ3v) is 3.57. The van der Waals surface area contributed by atoms with E-state index in [1.165, 1.54) is 18.2 Å². The van der Waals surface area contributed by atoms with Crippen molar-refractivity contribution >= 4 is 33.6 Å². The molecule has 0 unspecified atom stereocenters. The van der Waals surface area contributed by atoms with Gasteiger partial charge in [-0.1, -0.05) is 28.1 Å². The predicted molar refractivity (Wildman–Crippen MR) is 85.8 cm³/mol. The normalized spacial score (nSPS) is 10.8. The Kier molecular flexibility index (Phi) is 5.11. The summed E-state index contributed by atoms with van der Waals surface area (Å²) in [5.74, 6) is -0.591. The maximum Gasteiger partial charge on any atom is 0.244 e. The molecule has 5 heteroatoms. The molecule has 0 saturated carbocycles. The van der Waals surface area contributed by atoms with Crippen LogP contribution in [0.4, 0.5) is 10.1 Å². The van der Waals surface area contributed by atoms with Gasteiger partial charge in [-0.2, -0.15) is 0 Å². The molecule has 3 N–H and O–H groups in total. The minimum Gasteiger partial charge on any atom is -0.399 e. The fourth-order valence-electron chi connectivity index (χ4n) is 1.75. The van der Waals surface area contributed by atoms with E-state index in [-0.39, 0.29) is 18.3 Å². The molecule has 0 aromatic heterocycles. The molecule has 2 aromatic rings. The minimum absolute atomic E-state index is 0.248. The summed E-state index contributed by atoms with van der Waals surface area (Å²) >= 11 is 3.31. The summed E-state index contributed by atoms with van der Waals surface area (Å²) in [7, 11) is 0. The van der Waals surface area contributed by atoms with Crippen molar-refractivity contribution in [3.63, 3.8) is 0 Å². The Morgan fingerprint density at radius 1 is 1.29 bits per heavy atom. The molecule has 0 atom stereocenters. The second-order valence-corrected chi connectivity index (χ2v) is 5.31. The Labute approximate surface area is 130 Å². The van der Waals surface area contributed by atoms with Gasteiger partial charge in [0.05, 0.1) is 0 Å². The summed E-state index contributed by atoms with van der Waals surface area (Å²) in [6.45, 7) is 0.248. The first-order valence-electron chi connectivity index (χ1n) is 6.30. The number of carbonyl (C=O) groups excluding carboxylic acids is 1. The Hall–Kier alpha value is -2.14. The average molecular weight is 349 g/mol. The molecule has 0 saturated heterocycles. The van der Waals surface area contributed by atoms with Crippen LogP contribution in [0, 0.1) is 5.82 Å². The van der Waals surface area contributed by atoms with E-state index in [4.69, 9.17) is 5.73 Å². The molecule has 108 valence electrons. The number of nitrogens with one attached hydrogen (secondary N) is 1. The van der Waals surface area contributed by atoms with Crippen LogP contribution in [0.3, 0.4) is 0 Å². The number of nitrogen functional groups attached to an aromatic ring is 1. The lowest BCUT2D eigenvalue weighted by atomic mass is 10.2. The molecule has 0 spiro atoms. The zero-order valence-corrected chi connectivity index (χ0v) is 12.7. The second kappa shape index (κ2) is 7.04. The van der Waals surface area contributed by atoms with Gasteiger partial charge in [0, 0.05) is 22.8 Å². The zero-order chi connectivity index (χ0) is 15.2. The highest BCUT2D eigenvalue weighted by Crippen LogP contribution is 2.17. The van der Waals surface area contributed by atoms with Gasteiger partial charge in [-0.3, -0.25) is 4.79 Å². The quantitative estimate of drug-likeness (QED) is 0.656. The molecule has 1 amide bonds. The predicted octanol–water partition coefficient (Wildman–Crippen LogP) is 3.50. The van der Waals surface area contributed by atoms with Crippen LogP contribution in [0.15, 0.2) is 53.0 Å². The van der Waals surface area contributed by atoms with Crippen LogP contribution in [0.2, 0.25) is 0 Å². The fourth-order valence-corrected chi connectivity index (χ4v) is 2.14. The van der Waals surface area contributed by atoms with Gasteiger partial charge in [0.25, 0.3) is 0 Å². The summed E-state index contributed by atoms with van der Waals surface area (Å²) in [4.78, 5) is 11.7. The standard InChI is InChI=1S/C16H14BrFN2O/c17-15-6-5-13(18)9-12(15)10-20-16(21)7-4-11-2-1-3-14(19)8-11/h1-9H,10,19H2,(H,20,21)/b7-4+. The molecule has 0 fully saturated rings. The molecule has 0 aliphatic rings. The molecule has 0 heterocycles. The first-order chi connectivity index (χ1) is 10.0. The number of amides is 1. The first-order valence-corrected chi connectivity index (χ1v) is 7.09. The first kappa shape index (κ1) is 15.3. The van der Waals surface area contributed by atoms with Crippen LogP contribution in [0.1, 0.15) is 11.1 Å². The third-order valence-electron chi connectivity index (χ3n) is 2.80. The van der Waals surface area contributed by atoms with Crippen LogP contribution < -0.4 is 11.1 Å². The molecule has 0 radical (unpaired) electrons. The maximum atomic E-state index is 13.1. The Bertz CT molecular complexity index is 686. The molecular formula is C16H14BrFN2O. The van der Waals surface area contributed by atoms with E-state index in [1.54, 1.807) is 24.3 Å². The lowest BCUT2D eigenvalue weighted by Crippen LogP contribution is -2.20. The topological polar surface area (TPSA) is 55.1 Å². The summed E-state index contributed by atoms with van der Waals surface area (Å²) in [5.41, 5.74) is 7.82. The molecule has 0 aliphatic heterocycles. The lowest BCUT2D eigenvalue weighted by Gasteiger charge is -2.05. The molecule has 2 aromatic carbocycles. The average Bonchev–Trinajstić information content (AvgIpc) is 2.46. The van der Waals surface area contributed by atoms with E-state index >= 15 is 0 Å². The lowest BCUT2D eigenvalue weighted by molar-refractivity contribution is -0.116. The van der Waals surface area contributed by atoms with Gasteiger partial charge < -0.3 is 11.1 Å². The highest BCUT2D eigenvalue weighted by atomic mass is 79.9. The molecule has 3 nitrogen and oxygen atoms in total. The molecule has 0 bridgehead atoms. The maximum absolute atomic E-state index is 13.1. The number of nitrogens with two attached hydrogens (primary N) is 1. The van der Waals surface area contributed by atoms with Crippen molar-refractivity contribution in [3.8, 4) is 0 Å². The number of rotatable bonds is 4. The largest absolute Gasteiger partial charge is 0.399 e. The number of hydrogen-bond acceptors (Lipinski definition) is 2. The minimum atomic E-state index is -0.335. The van der Waals surface area contributed by atoms with E-state index < -0.39 is 0 Å². The number of anilines is 1. The van der Waals surface area contributed by atoms with E-state index in [2.05, 4.69) is 21.2 Å². The highest BCUT2D eigenvalue weighted by Gasteiger charge is 2.03. The zero-order valence-electron chi connectivity index (χ0n) is 11.1. The number of benzene rings is 2. The van der Waals surface area contributed by atoms with Crippen molar-refractivity contribution in [3.05, 3.63) is 70.0 Å². The van der Waals surface area contributed by atoms with Gasteiger partial charge in [0.2, 0.25) is 5.91 Å². The van der Waals surface area contributed by atoms with Gasteiger partial charge >= 0.3 is 0 Å². The highest BCUT2D eigenvalue weighted by molar-refractivity contribution is 9.10. The summed E-state index contributed by atoms with van der Waals surface area (Å²) in [5, 5.41) is 2.70. The van der Waals surface area contributed by atoms with Crippen LogP contribution in [-0.2, 0) is 11.3 Å². The van der Waals surface area contributed by atoms with Gasteiger partial charge in [-0.15, -0.1) is 0 Å². The number of halogens is 2. The van der Waals surface area contributed by atoms with E-state index in [9.17, 15) is 9.18 Å².